The Kier molecular flexibility index (Phi) is 8.27. The van der Waals surface area contributed by atoms with Crippen LogP contribution in [0.5, 0.6) is 5.75 Å². The molecule has 0 bridgehead atoms. The van der Waals surface area contributed by atoms with Gasteiger partial charge in [0, 0.05) is 32.2 Å². The monoisotopic (exact) mass is 570 g/mol. The Morgan fingerprint density at radius 3 is 2.62 bits per heavy atom. The lowest BCUT2D eigenvalue weighted by Crippen LogP contribution is -2.50. The first-order valence-corrected chi connectivity index (χ1v) is 15.2. The summed E-state index contributed by atoms with van der Waals surface area (Å²) >= 11 is 6.41. The Labute approximate surface area is 235 Å². The van der Waals surface area contributed by atoms with Gasteiger partial charge in [0.1, 0.15) is 10.8 Å². The van der Waals surface area contributed by atoms with Gasteiger partial charge in [-0.1, -0.05) is 23.7 Å². The summed E-state index contributed by atoms with van der Waals surface area (Å²) in [7, 11) is -1.86. The minimum atomic E-state index is -3.52. The molecule has 2 aliphatic rings. The van der Waals surface area contributed by atoms with Crippen molar-refractivity contribution in [1.82, 2.24) is 20.2 Å². The molecule has 1 aromatic heterocycles. The molecule has 3 aromatic rings. The average Bonchev–Trinajstić information content (AvgIpc) is 2.94. The third kappa shape index (κ3) is 5.99. The molecule has 1 aliphatic carbocycles. The first-order valence-electron chi connectivity index (χ1n) is 13.3. The molecule has 5 rings (SSSR count). The van der Waals surface area contributed by atoms with E-state index >= 15 is 0 Å². The van der Waals surface area contributed by atoms with Gasteiger partial charge in [-0.3, -0.25) is 4.90 Å². The van der Waals surface area contributed by atoms with Crippen LogP contribution >= 0.6 is 11.6 Å². The first kappa shape index (κ1) is 27.6. The molecule has 1 atom stereocenters. The standard InChI is InChI=1S/C28H35ClN6O3S/c1-18(2)39(36,37)26-7-5-4-6-23(26)32-27-22(29)17-31-28(34-27)33-24-15-19-8-9-21(35-12-10-30-11-13-35)14-20(19)16-25(24)38-3/h4-7,15-18,21,30H,8-14H2,1-3H3,(H2,31,32,33,34). The number of para-hydroxylation sites is 1. The lowest BCUT2D eigenvalue weighted by Gasteiger charge is -2.38. The van der Waals surface area contributed by atoms with E-state index in [1.54, 1.807) is 45.2 Å². The molecule has 0 saturated carbocycles. The van der Waals surface area contributed by atoms with Gasteiger partial charge < -0.3 is 20.7 Å². The number of methoxy groups -OCH3 is 1. The minimum absolute atomic E-state index is 0.194. The highest BCUT2D eigenvalue weighted by Gasteiger charge is 2.27. The molecule has 39 heavy (non-hydrogen) atoms. The van der Waals surface area contributed by atoms with E-state index in [0.29, 0.717) is 23.5 Å². The van der Waals surface area contributed by atoms with Gasteiger partial charge in [-0.25, -0.2) is 13.4 Å². The largest absolute Gasteiger partial charge is 0.495 e. The van der Waals surface area contributed by atoms with Crippen LogP contribution in [0.25, 0.3) is 0 Å². The van der Waals surface area contributed by atoms with Crippen molar-refractivity contribution in [1.29, 1.82) is 0 Å². The molecular formula is C28H35ClN6O3S. The maximum absolute atomic E-state index is 12.9. The fourth-order valence-corrected chi connectivity index (χ4v) is 6.57. The molecule has 1 fully saturated rings. The second-order valence-electron chi connectivity index (χ2n) is 10.2. The number of rotatable bonds is 8. The van der Waals surface area contributed by atoms with Gasteiger partial charge in [0.15, 0.2) is 15.7 Å². The van der Waals surface area contributed by atoms with Gasteiger partial charge in [-0.2, -0.15) is 4.98 Å². The second-order valence-corrected chi connectivity index (χ2v) is 13.1. The van der Waals surface area contributed by atoms with Crippen molar-refractivity contribution < 1.29 is 13.2 Å². The van der Waals surface area contributed by atoms with Crippen LogP contribution in [-0.4, -0.2) is 67.9 Å². The SMILES string of the molecule is COc1cc2c(cc1Nc1ncc(Cl)c(Nc3ccccc3S(=O)(=O)C(C)C)n1)CCC(N1CCNCC1)C2. The summed E-state index contributed by atoms with van der Waals surface area (Å²) < 4.78 is 31.5. The average molecular weight is 571 g/mol. The lowest BCUT2D eigenvalue weighted by molar-refractivity contribution is 0.159. The highest BCUT2D eigenvalue weighted by molar-refractivity contribution is 7.92. The van der Waals surface area contributed by atoms with E-state index in [-0.39, 0.29) is 9.92 Å². The van der Waals surface area contributed by atoms with Crippen LogP contribution in [-0.2, 0) is 22.7 Å². The maximum Gasteiger partial charge on any atom is 0.229 e. The van der Waals surface area contributed by atoms with Crippen LogP contribution in [0.4, 0.5) is 23.1 Å². The van der Waals surface area contributed by atoms with Crippen LogP contribution in [0.2, 0.25) is 5.02 Å². The van der Waals surface area contributed by atoms with Crippen LogP contribution in [0.15, 0.2) is 47.5 Å². The highest BCUT2D eigenvalue weighted by Crippen LogP contribution is 2.36. The van der Waals surface area contributed by atoms with E-state index in [9.17, 15) is 8.42 Å². The van der Waals surface area contributed by atoms with Crippen LogP contribution in [0, 0.1) is 0 Å². The van der Waals surface area contributed by atoms with E-state index < -0.39 is 15.1 Å². The molecule has 1 saturated heterocycles. The second kappa shape index (κ2) is 11.7. The Morgan fingerprint density at radius 1 is 1.10 bits per heavy atom. The smallest absolute Gasteiger partial charge is 0.229 e. The molecule has 0 radical (unpaired) electrons. The summed E-state index contributed by atoms with van der Waals surface area (Å²) in [5, 5.41) is 9.52. The first-order chi connectivity index (χ1) is 18.8. The zero-order valence-electron chi connectivity index (χ0n) is 22.5. The molecule has 2 aromatic carbocycles. The Bertz CT molecular complexity index is 1440. The van der Waals surface area contributed by atoms with Crippen LogP contribution in [0.1, 0.15) is 31.4 Å². The van der Waals surface area contributed by atoms with Gasteiger partial charge in [0.25, 0.3) is 0 Å². The molecule has 11 heteroatoms. The fourth-order valence-electron chi connectivity index (χ4n) is 5.23. The number of hydrogen-bond acceptors (Lipinski definition) is 9. The fraction of sp³-hybridized carbons (Fsp3) is 0.429. The van der Waals surface area contributed by atoms with Gasteiger partial charge >= 0.3 is 0 Å². The summed E-state index contributed by atoms with van der Waals surface area (Å²) in [5.41, 5.74) is 3.79. The number of anilines is 4. The van der Waals surface area contributed by atoms with E-state index in [1.807, 2.05) is 0 Å². The van der Waals surface area contributed by atoms with Crippen molar-refractivity contribution in [2.75, 3.05) is 43.9 Å². The van der Waals surface area contributed by atoms with Crippen molar-refractivity contribution >= 4 is 44.6 Å². The van der Waals surface area contributed by atoms with Crippen LogP contribution in [0.3, 0.4) is 0 Å². The molecule has 0 amide bonds. The van der Waals surface area contributed by atoms with Crippen molar-refractivity contribution in [3.63, 3.8) is 0 Å². The Balaban J connectivity index is 1.38. The third-order valence-corrected chi connectivity index (χ3v) is 9.94. The van der Waals surface area contributed by atoms with E-state index in [2.05, 4.69) is 43.0 Å². The van der Waals surface area contributed by atoms with Gasteiger partial charge in [-0.05, 0) is 68.5 Å². The van der Waals surface area contributed by atoms with Crippen molar-refractivity contribution in [3.05, 3.63) is 58.7 Å². The van der Waals surface area contributed by atoms with Crippen molar-refractivity contribution in [3.8, 4) is 5.75 Å². The Morgan fingerprint density at radius 2 is 1.87 bits per heavy atom. The topological polar surface area (TPSA) is 108 Å². The molecule has 0 spiro atoms. The summed E-state index contributed by atoms with van der Waals surface area (Å²) in [4.78, 5) is 11.7. The molecule has 1 aliphatic heterocycles. The number of fused-ring (bicyclic) bond motifs is 1. The summed E-state index contributed by atoms with van der Waals surface area (Å²) in [6.07, 6.45) is 4.62. The molecule has 3 N–H and O–H groups in total. The van der Waals surface area contributed by atoms with E-state index in [1.165, 1.54) is 17.3 Å². The molecule has 1 unspecified atom stereocenters. The van der Waals surface area contributed by atoms with Crippen molar-refractivity contribution in [2.45, 2.75) is 49.3 Å². The highest BCUT2D eigenvalue weighted by atomic mass is 35.5. The summed E-state index contributed by atoms with van der Waals surface area (Å²) in [5.74, 6) is 1.34. The number of hydrogen-bond donors (Lipinski definition) is 3. The predicted molar refractivity (Wildman–Crippen MR) is 156 cm³/mol. The number of sulfone groups is 1. The normalized spacial score (nSPS) is 18.0. The number of nitrogens with one attached hydrogen (secondary N) is 3. The zero-order chi connectivity index (χ0) is 27.6. The number of piperazine rings is 1. The van der Waals surface area contributed by atoms with E-state index in [4.69, 9.17) is 16.3 Å². The number of aryl methyl sites for hydroxylation is 1. The lowest BCUT2D eigenvalue weighted by atomic mass is 9.86. The maximum atomic E-state index is 12.9. The molecule has 208 valence electrons. The molecule has 2 heterocycles. The van der Waals surface area contributed by atoms with Gasteiger partial charge in [0.2, 0.25) is 5.95 Å². The minimum Gasteiger partial charge on any atom is -0.495 e. The Hall–Kier alpha value is -2.92. The number of halogens is 1. The number of nitrogens with zero attached hydrogens (tertiary/aromatic N) is 3. The number of benzene rings is 2. The van der Waals surface area contributed by atoms with Gasteiger partial charge in [0.05, 0.1) is 34.8 Å². The molecule has 9 nitrogen and oxygen atoms in total. The molecular weight excluding hydrogens is 536 g/mol. The van der Waals surface area contributed by atoms with E-state index in [0.717, 1.165) is 56.9 Å². The number of ether oxygens (including phenoxy) is 1. The summed E-state index contributed by atoms with van der Waals surface area (Å²) in [6, 6.07) is 11.5. The zero-order valence-corrected chi connectivity index (χ0v) is 24.1. The quantitative estimate of drug-likeness (QED) is 0.359. The summed E-state index contributed by atoms with van der Waals surface area (Å²) in [6.45, 7) is 7.59. The van der Waals surface area contributed by atoms with Crippen LogP contribution < -0.4 is 20.7 Å². The number of aromatic nitrogens is 2. The predicted octanol–water partition coefficient (Wildman–Crippen LogP) is 4.57. The van der Waals surface area contributed by atoms with Gasteiger partial charge in [-0.15, -0.1) is 0 Å². The third-order valence-electron chi connectivity index (χ3n) is 7.45. The van der Waals surface area contributed by atoms with Crippen molar-refractivity contribution in [2.24, 2.45) is 0 Å².